The maximum atomic E-state index is 13.1. The minimum atomic E-state index is -4.59. The third-order valence-corrected chi connectivity index (χ3v) is 5.26. The summed E-state index contributed by atoms with van der Waals surface area (Å²) >= 11 is 0. The van der Waals surface area contributed by atoms with Crippen molar-refractivity contribution in [3.8, 4) is 6.07 Å². The SMILES string of the molecule is COC(=O)C12CCCC1CN(c1ccc(C#N)c(C(F)(F)F)c1)C2. The van der Waals surface area contributed by atoms with Crippen molar-refractivity contribution in [3.63, 3.8) is 0 Å². The molecule has 1 aromatic rings. The van der Waals surface area contributed by atoms with Crippen LogP contribution in [0.15, 0.2) is 18.2 Å². The first-order valence-electron chi connectivity index (χ1n) is 7.76. The van der Waals surface area contributed by atoms with Crippen molar-refractivity contribution < 1.29 is 22.7 Å². The van der Waals surface area contributed by atoms with Gasteiger partial charge >= 0.3 is 12.1 Å². The Hall–Kier alpha value is -2.23. The Balaban J connectivity index is 1.95. The number of halogens is 3. The van der Waals surface area contributed by atoms with Gasteiger partial charge in [0.05, 0.1) is 29.7 Å². The van der Waals surface area contributed by atoms with Crippen LogP contribution < -0.4 is 4.90 Å². The molecular formula is C17H17F3N2O2. The number of rotatable bonds is 2. The number of esters is 1. The van der Waals surface area contributed by atoms with E-state index in [2.05, 4.69) is 0 Å². The van der Waals surface area contributed by atoms with E-state index in [1.54, 1.807) is 11.0 Å². The van der Waals surface area contributed by atoms with Gasteiger partial charge < -0.3 is 9.64 Å². The summed E-state index contributed by atoms with van der Waals surface area (Å²) in [6, 6.07) is 5.29. The van der Waals surface area contributed by atoms with Crippen molar-refractivity contribution in [2.75, 3.05) is 25.1 Å². The summed E-state index contributed by atoms with van der Waals surface area (Å²) in [5, 5.41) is 8.89. The molecule has 128 valence electrons. The number of anilines is 1. The lowest BCUT2D eigenvalue weighted by atomic mass is 9.81. The molecule has 0 N–H and O–H groups in total. The highest BCUT2D eigenvalue weighted by molar-refractivity contribution is 5.80. The summed E-state index contributed by atoms with van der Waals surface area (Å²) in [6.45, 7) is 0.881. The van der Waals surface area contributed by atoms with Gasteiger partial charge in [-0.1, -0.05) is 6.42 Å². The second kappa shape index (κ2) is 5.69. The number of nitrogens with zero attached hydrogens (tertiary/aromatic N) is 2. The van der Waals surface area contributed by atoms with Crippen molar-refractivity contribution in [2.24, 2.45) is 11.3 Å². The number of fused-ring (bicyclic) bond motifs is 1. The number of ether oxygens (including phenoxy) is 1. The van der Waals surface area contributed by atoms with Crippen molar-refractivity contribution in [1.82, 2.24) is 0 Å². The summed E-state index contributed by atoms with van der Waals surface area (Å²) in [5.74, 6) is -0.188. The number of alkyl halides is 3. The normalized spacial score (nSPS) is 26.1. The van der Waals surface area contributed by atoms with Crippen LogP contribution in [0.2, 0.25) is 0 Å². The largest absolute Gasteiger partial charge is 0.469 e. The molecule has 0 radical (unpaired) electrons. The van der Waals surface area contributed by atoms with Gasteiger partial charge in [-0.05, 0) is 37.0 Å². The maximum Gasteiger partial charge on any atom is 0.417 e. The fourth-order valence-electron chi connectivity index (χ4n) is 4.08. The minimum absolute atomic E-state index is 0.0925. The number of nitriles is 1. The van der Waals surface area contributed by atoms with Crippen molar-refractivity contribution in [2.45, 2.75) is 25.4 Å². The van der Waals surface area contributed by atoms with Gasteiger partial charge in [0.2, 0.25) is 0 Å². The van der Waals surface area contributed by atoms with Crippen molar-refractivity contribution >= 4 is 11.7 Å². The summed E-state index contributed by atoms with van der Waals surface area (Å²) in [5.41, 5.74) is -1.57. The summed E-state index contributed by atoms with van der Waals surface area (Å²) in [4.78, 5) is 14.1. The van der Waals surface area contributed by atoms with E-state index in [1.807, 2.05) is 0 Å². The highest BCUT2D eigenvalue weighted by Crippen LogP contribution is 2.50. The second-order valence-corrected chi connectivity index (χ2v) is 6.46. The van der Waals surface area contributed by atoms with E-state index < -0.39 is 22.7 Å². The van der Waals surface area contributed by atoms with Crippen LogP contribution in [0.5, 0.6) is 0 Å². The Morgan fingerprint density at radius 2 is 2.21 bits per heavy atom. The Kier molecular flexibility index (Phi) is 3.94. The van der Waals surface area contributed by atoms with Gasteiger partial charge in [0.15, 0.2) is 0 Å². The molecule has 2 aliphatic rings. The average molecular weight is 338 g/mol. The lowest BCUT2D eigenvalue weighted by molar-refractivity contribution is -0.152. The van der Waals surface area contributed by atoms with E-state index in [4.69, 9.17) is 10.00 Å². The van der Waals surface area contributed by atoms with Gasteiger partial charge in [0.1, 0.15) is 0 Å². The molecule has 2 fully saturated rings. The minimum Gasteiger partial charge on any atom is -0.469 e. The van der Waals surface area contributed by atoms with Crippen LogP contribution in [0.25, 0.3) is 0 Å². The van der Waals surface area contributed by atoms with Gasteiger partial charge in [-0.25, -0.2) is 0 Å². The first kappa shape index (κ1) is 16.6. The molecule has 1 aromatic carbocycles. The zero-order valence-electron chi connectivity index (χ0n) is 13.2. The van der Waals surface area contributed by atoms with Crippen LogP contribution in [0, 0.1) is 22.7 Å². The predicted molar refractivity (Wildman–Crippen MR) is 80.2 cm³/mol. The molecule has 1 aliphatic carbocycles. The number of benzene rings is 1. The summed E-state index contributed by atoms with van der Waals surface area (Å²) in [6.07, 6.45) is -2.09. The van der Waals surface area contributed by atoms with E-state index in [9.17, 15) is 18.0 Å². The number of carbonyl (C=O) groups is 1. The summed E-state index contributed by atoms with van der Waals surface area (Å²) in [7, 11) is 1.35. The zero-order valence-corrected chi connectivity index (χ0v) is 13.2. The fourth-order valence-corrected chi connectivity index (χ4v) is 4.08. The van der Waals surface area contributed by atoms with Crippen LogP contribution >= 0.6 is 0 Å². The molecule has 2 atom stereocenters. The smallest absolute Gasteiger partial charge is 0.417 e. The monoisotopic (exact) mass is 338 g/mol. The van der Waals surface area contributed by atoms with Crippen molar-refractivity contribution in [1.29, 1.82) is 5.26 Å². The molecule has 7 heteroatoms. The molecule has 4 nitrogen and oxygen atoms in total. The van der Waals surface area contributed by atoms with E-state index in [0.717, 1.165) is 18.9 Å². The first-order valence-corrected chi connectivity index (χ1v) is 7.76. The van der Waals surface area contributed by atoms with E-state index in [0.29, 0.717) is 25.2 Å². The highest BCUT2D eigenvalue weighted by atomic mass is 19.4. The third-order valence-electron chi connectivity index (χ3n) is 5.26. The van der Waals surface area contributed by atoms with Gasteiger partial charge in [-0.2, -0.15) is 18.4 Å². The molecule has 1 aliphatic heterocycles. The van der Waals surface area contributed by atoms with Gasteiger partial charge in [0, 0.05) is 18.8 Å². The Bertz CT molecular complexity index is 711. The fraction of sp³-hybridized carbons (Fsp3) is 0.529. The molecule has 24 heavy (non-hydrogen) atoms. The Labute approximate surface area is 137 Å². The molecule has 0 amide bonds. The molecule has 0 aromatic heterocycles. The number of carbonyl (C=O) groups excluding carboxylic acids is 1. The number of hydrogen-bond acceptors (Lipinski definition) is 4. The molecule has 1 heterocycles. The predicted octanol–water partition coefficient (Wildman–Crippen LogP) is 3.36. The summed E-state index contributed by atoms with van der Waals surface area (Å²) < 4.78 is 44.4. The van der Waals surface area contributed by atoms with Crippen LogP contribution in [-0.2, 0) is 15.7 Å². The number of hydrogen-bond donors (Lipinski definition) is 0. The van der Waals surface area contributed by atoms with Gasteiger partial charge in [0.25, 0.3) is 0 Å². The second-order valence-electron chi connectivity index (χ2n) is 6.46. The molecular weight excluding hydrogens is 321 g/mol. The number of methoxy groups -OCH3 is 1. The van der Waals surface area contributed by atoms with Crippen molar-refractivity contribution in [3.05, 3.63) is 29.3 Å². The average Bonchev–Trinajstić information content (AvgIpc) is 3.10. The lowest BCUT2D eigenvalue weighted by Crippen LogP contribution is -2.37. The van der Waals surface area contributed by atoms with E-state index in [1.165, 1.54) is 19.2 Å². The van der Waals surface area contributed by atoms with Crippen LogP contribution in [0.1, 0.15) is 30.4 Å². The van der Waals surface area contributed by atoms with Gasteiger partial charge in [-0.3, -0.25) is 4.79 Å². The zero-order chi connectivity index (χ0) is 17.5. The van der Waals surface area contributed by atoms with E-state index >= 15 is 0 Å². The quantitative estimate of drug-likeness (QED) is 0.776. The van der Waals surface area contributed by atoms with E-state index in [-0.39, 0.29) is 11.9 Å². The molecule has 1 saturated heterocycles. The third kappa shape index (κ3) is 2.50. The molecule has 0 spiro atoms. The van der Waals surface area contributed by atoms with Crippen LogP contribution in [0.4, 0.5) is 18.9 Å². The van der Waals surface area contributed by atoms with Gasteiger partial charge in [-0.15, -0.1) is 0 Å². The first-order chi connectivity index (χ1) is 11.3. The standard InChI is InChI=1S/C17H17F3N2O2/c1-24-15(23)16-6-2-3-12(16)9-22(10-16)13-5-4-11(8-21)14(7-13)17(18,19)20/h4-5,7,12H,2-3,6,9-10H2,1H3. The highest BCUT2D eigenvalue weighted by Gasteiger charge is 2.55. The maximum absolute atomic E-state index is 13.1. The molecule has 1 saturated carbocycles. The molecule has 0 bridgehead atoms. The molecule has 2 unspecified atom stereocenters. The molecule has 3 rings (SSSR count). The topological polar surface area (TPSA) is 53.3 Å². The Morgan fingerprint density at radius 1 is 1.46 bits per heavy atom. The van der Waals surface area contributed by atoms with Crippen LogP contribution in [-0.4, -0.2) is 26.2 Å². The lowest BCUT2D eigenvalue weighted by Gasteiger charge is -2.26. The van der Waals surface area contributed by atoms with Crippen LogP contribution in [0.3, 0.4) is 0 Å². The Morgan fingerprint density at radius 3 is 2.83 bits per heavy atom.